The second kappa shape index (κ2) is 12.8. The largest absolute Gasteiger partial charge is 0.481 e. The molecule has 1 fully saturated rings. The zero-order chi connectivity index (χ0) is 27.9. The summed E-state index contributed by atoms with van der Waals surface area (Å²) >= 11 is 0. The van der Waals surface area contributed by atoms with E-state index in [0.29, 0.717) is 6.54 Å². The van der Waals surface area contributed by atoms with Crippen molar-refractivity contribution in [3.8, 4) is 11.1 Å². The first kappa shape index (κ1) is 27.4. The summed E-state index contributed by atoms with van der Waals surface area (Å²) in [6.45, 7) is 0.765. The topological polar surface area (TPSA) is 95.9 Å². The van der Waals surface area contributed by atoms with Crippen LogP contribution in [0, 0.1) is 5.92 Å². The molecule has 2 amide bonds. The van der Waals surface area contributed by atoms with Crippen molar-refractivity contribution in [2.24, 2.45) is 5.92 Å². The minimum Gasteiger partial charge on any atom is -0.481 e. The fourth-order valence-electron chi connectivity index (χ4n) is 6.11. The Hall–Kier alpha value is -4.13. The highest BCUT2D eigenvalue weighted by atomic mass is 16.5. The number of alkyl carbamates (subject to hydrolysis) is 1. The Balaban J connectivity index is 1.20. The van der Waals surface area contributed by atoms with Crippen molar-refractivity contribution in [2.75, 3.05) is 13.2 Å². The van der Waals surface area contributed by atoms with E-state index in [0.717, 1.165) is 42.4 Å². The summed E-state index contributed by atoms with van der Waals surface area (Å²) in [5.41, 5.74) is 5.65. The van der Waals surface area contributed by atoms with Gasteiger partial charge in [0, 0.05) is 31.5 Å². The molecule has 7 nitrogen and oxygen atoms in total. The van der Waals surface area contributed by atoms with Gasteiger partial charge in [-0.1, -0.05) is 91.7 Å². The highest BCUT2D eigenvalue weighted by Crippen LogP contribution is 2.44. The molecule has 0 aliphatic heterocycles. The Morgan fingerprint density at radius 3 is 2.15 bits per heavy atom. The van der Waals surface area contributed by atoms with E-state index in [1.165, 1.54) is 11.1 Å². The average Bonchev–Trinajstić information content (AvgIpc) is 3.29. The molecule has 5 rings (SSSR count). The first-order valence-corrected chi connectivity index (χ1v) is 14.1. The molecule has 0 spiro atoms. The molecule has 0 bridgehead atoms. The lowest BCUT2D eigenvalue weighted by Crippen LogP contribution is -2.45. The molecule has 1 saturated carbocycles. The summed E-state index contributed by atoms with van der Waals surface area (Å²) in [5, 5.41) is 12.3. The monoisotopic (exact) mass is 540 g/mol. The fourth-order valence-corrected chi connectivity index (χ4v) is 6.11. The smallest absolute Gasteiger partial charge is 0.407 e. The predicted octanol–water partition coefficient (Wildman–Crippen LogP) is 5.98. The number of carboxylic acid groups (broad SMARTS) is 1. The SMILES string of the molecule is O=C(O)CCN(Cc1ccccc1)C(=O)C[C@@H]1CCCC[C@@H]1NC(=O)OCC1c2ccccc2-c2ccccc21. The Morgan fingerprint density at radius 1 is 0.850 bits per heavy atom. The number of benzene rings is 3. The van der Waals surface area contributed by atoms with Crippen LogP contribution in [-0.2, 0) is 20.9 Å². The normalized spacial score (nSPS) is 17.9. The van der Waals surface area contributed by atoms with Gasteiger partial charge in [0.05, 0.1) is 6.42 Å². The second-order valence-electron chi connectivity index (χ2n) is 10.8. The van der Waals surface area contributed by atoms with E-state index in [2.05, 4.69) is 29.6 Å². The van der Waals surface area contributed by atoms with E-state index < -0.39 is 12.1 Å². The van der Waals surface area contributed by atoms with Crippen molar-refractivity contribution < 1.29 is 24.2 Å². The number of nitrogens with one attached hydrogen (secondary N) is 1. The lowest BCUT2D eigenvalue weighted by molar-refractivity contribution is -0.139. The number of hydrogen-bond acceptors (Lipinski definition) is 4. The molecule has 0 heterocycles. The van der Waals surface area contributed by atoms with E-state index in [9.17, 15) is 19.5 Å². The third-order valence-corrected chi connectivity index (χ3v) is 8.16. The van der Waals surface area contributed by atoms with Crippen molar-refractivity contribution >= 4 is 18.0 Å². The molecule has 0 unspecified atom stereocenters. The van der Waals surface area contributed by atoms with Gasteiger partial charge in [0.2, 0.25) is 5.91 Å². The molecule has 0 radical (unpaired) electrons. The average molecular weight is 541 g/mol. The van der Waals surface area contributed by atoms with Crippen LogP contribution in [0.3, 0.4) is 0 Å². The van der Waals surface area contributed by atoms with Crippen LogP contribution in [-0.4, -0.2) is 47.2 Å². The van der Waals surface area contributed by atoms with Gasteiger partial charge < -0.3 is 20.1 Å². The van der Waals surface area contributed by atoms with Crippen molar-refractivity contribution in [3.63, 3.8) is 0 Å². The number of carboxylic acids is 1. The number of carbonyl (C=O) groups excluding carboxylic acids is 2. The van der Waals surface area contributed by atoms with Crippen LogP contribution >= 0.6 is 0 Å². The van der Waals surface area contributed by atoms with Crippen molar-refractivity contribution in [1.82, 2.24) is 10.2 Å². The molecule has 2 aliphatic carbocycles. The molecule has 2 aliphatic rings. The number of ether oxygens (including phenoxy) is 1. The van der Waals surface area contributed by atoms with E-state index in [4.69, 9.17) is 4.74 Å². The van der Waals surface area contributed by atoms with Gasteiger partial charge in [-0.25, -0.2) is 4.79 Å². The predicted molar refractivity (Wildman–Crippen MR) is 153 cm³/mol. The molecular weight excluding hydrogens is 504 g/mol. The lowest BCUT2D eigenvalue weighted by Gasteiger charge is -2.33. The van der Waals surface area contributed by atoms with Gasteiger partial charge in [-0.3, -0.25) is 9.59 Å². The number of hydrogen-bond donors (Lipinski definition) is 2. The Kier molecular flexibility index (Phi) is 8.79. The van der Waals surface area contributed by atoms with Gasteiger partial charge in [0.15, 0.2) is 0 Å². The van der Waals surface area contributed by atoms with E-state index >= 15 is 0 Å². The summed E-state index contributed by atoms with van der Waals surface area (Å²) in [6.07, 6.45) is 3.29. The summed E-state index contributed by atoms with van der Waals surface area (Å²) < 4.78 is 5.78. The minimum atomic E-state index is -0.932. The van der Waals surface area contributed by atoms with Crippen LogP contribution in [0.25, 0.3) is 11.1 Å². The highest BCUT2D eigenvalue weighted by molar-refractivity contribution is 5.79. The molecule has 3 aromatic carbocycles. The third-order valence-electron chi connectivity index (χ3n) is 8.16. The van der Waals surface area contributed by atoms with Crippen LogP contribution < -0.4 is 5.32 Å². The van der Waals surface area contributed by atoms with Gasteiger partial charge >= 0.3 is 12.1 Å². The lowest BCUT2D eigenvalue weighted by atomic mass is 9.82. The first-order chi connectivity index (χ1) is 19.5. The summed E-state index contributed by atoms with van der Waals surface area (Å²) in [6, 6.07) is 25.9. The number of amides is 2. The van der Waals surface area contributed by atoms with Crippen molar-refractivity contribution in [1.29, 1.82) is 0 Å². The van der Waals surface area contributed by atoms with Crippen LogP contribution in [0.5, 0.6) is 0 Å². The quantitative estimate of drug-likeness (QED) is 0.330. The molecule has 2 atom stereocenters. The highest BCUT2D eigenvalue weighted by Gasteiger charge is 2.32. The van der Waals surface area contributed by atoms with Gasteiger partial charge in [0.1, 0.15) is 6.61 Å². The number of carbonyl (C=O) groups is 3. The van der Waals surface area contributed by atoms with Crippen LogP contribution in [0.2, 0.25) is 0 Å². The summed E-state index contributed by atoms with van der Waals surface area (Å²) in [5.74, 6) is -1.05. The summed E-state index contributed by atoms with van der Waals surface area (Å²) in [4.78, 5) is 39.2. The molecule has 0 saturated heterocycles. The summed E-state index contributed by atoms with van der Waals surface area (Å²) in [7, 11) is 0. The third kappa shape index (κ3) is 6.53. The Bertz CT molecular complexity index is 1300. The number of nitrogens with zero attached hydrogens (tertiary/aromatic N) is 1. The number of fused-ring (bicyclic) bond motifs is 3. The number of rotatable bonds is 10. The van der Waals surface area contributed by atoms with Crippen molar-refractivity contribution in [3.05, 3.63) is 95.6 Å². The Labute approximate surface area is 235 Å². The van der Waals surface area contributed by atoms with Crippen LogP contribution in [0.4, 0.5) is 4.79 Å². The van der Waals surface area contributed by atoms with Gasteiger partial charge in [-0.05, 0) is 46.6 Å². The second-order valence-corrected chi connectivity index (χ2v) is 10.8. The zero-order valence-electron chi connectivity index (χ0n) is 22.6. The molecule has 0 aromatic heterocycles. The standard InChI is InChI=1S/C33H36N2O5/c36-31(35(19-18-32(37)38)21-23-10-2-1-3-11-23)20-24-12-4-9-17-30(24)34-33(39)40-22-29-27-15-7-5-13-25(27)26-14-6-8-16-28(26)29/h1-3,5-8,10-11,13-16,24,29-30H,4,9,12,17-22H2,(H,34,39)(H,37,38)/t24-,30-/m0/s1. The molecule has 40 heavy (non-hydrogen) atoms. The minimum absolute atomic E-state index is 0.0114. The molecular formula is C33H36N2O5. The van der Waals surface area contributed by atoms with Gasteiger partial charge in [-0.15, -0.1) is 0 Å². The van der Waals surface area contributed by atoms with Crippen LogP contribution in [0.15, 0.2) is 78.9 Å². The van der Waals surface area contributed by atoms with E-state index in [1.54, 1.807) is 4.90 Å². The maximum atomic E-state index is 13.4. The number of aliphatic carboxylic acids is 1. The molecule has 2 N–H and O–H groups in total. The van der Waals surface area contributed by atoms with Gasteiger partial charge in [0.25, 0.3) is 0 Å². The zero-order valence-corrected chi connectivity index (χ0v) is 22.6. The first-order valence-electron chi connectivity index (χ1n) is 14.1. The van der Waals surface area contributed by atoms with E-state index in [1.807, 2.05) is 54.6 Å². The van der Waals surface area contributed by atoms with E-state index in [-0.39, 0.29) is 49.8 Å². The molecule has 7 heteroatoms. The molecule has 208 valence electrons. The van der Waals surface area contributed by atoms with Crippen molar-refractivity contribution in [2.45, 2.75) is 57.0 Å². The van der Waals surface area contributed by atoms with Gasteiger partial charge in [-0.2, -0.15) is 0 Å². The van der Waals surface area contributed by atoms with Crippen LogP contribution in [0.1, 0.15) is 61.1 Å². The maximum Gasteiger partial charge on any atom is 0.407 e. The Morgan fingerprint density at radius 2 is 1.48 bits per heavy atom. The fraction of sp³-hybridized carbons (Fsp3) is 0.364. The molecule has 3 aromatic rings. The maximum absolute atomic E-state index is 13.4.